The van der Waals surface area contributed by atoms with Gasteiger partial charge in [0.25, 0.3) is 11.5 Å². The lowest BCUT2D eigenvalue weighted by molar-refractivity contribution is 0.0512. The molecule has 0 saturated carbocycles. The van der Waals surface area contributed by atoms with E-state index in [0.29, 0.717) is 17.3 Å². The van der Waals surface area contributed by atoms with Gasteiger partial charge in [0.15, 0.2) is 4.96 Å². The summed E-state index contributed by atoms with van der Waals surface area (Å²) in [6.45, 7) is 4.05. The summed E-state index contributed by atoms with van der Waals surface area (Å²) in [6, 6.07) is 1.18. The Labute approximate surface area is 131 Å². The molecule has 2 aromatic rings. The van der Waals surface area contributed by atoms with Crippen molar-refractivity contribution in [3.63, 3.8) is 0 Å². The van der Waals surface area contributed by atoms with Gasteiger partial charge in [0.05, 0.1) is 12.1 Å². The molecule has 118 valence electrons. The van der Waals surface area contributed by atoms with Crippen LogP contribution in [0.5, 0.6) is 0 Å². The van der Waals surface area contributed by atoms with Crippen LogP contribution >= 0.6 is 11.3 Å². The molecule has 1 amide bonds. The van der Waals surface area contributed by atoms with Gasteiger partial charge in [-0.05, 0) is 14.0 Å². The predicted octanol–water partition coefficient (Wildman–Crippen LogP) is 0.205. The molecule has 1 aliphatic heterocycles. The summed E-state index contributed by atoms with van der Waals surface area (Å²) in [5.74, 6) is -0.280. The van der Waals surface area contributed by atoms with Crippen LogP contribution in [0.2, 0.25) is 0 Å². The first kappa shape index (κ1) is 15.1. The second-order valence-corrected chi connectivity index (χ2v) is 6.20. The van der Waals surface area contributed by atoms with Gasteiger partial charge in [-0.3, -0.25) is 14.0 Å². The fraction of sp³-hybridized carbons (Fsp3) is 0.500. The minimum absolute atomic E-state index is 0.0320. The number of nitrogens with one attached hydrogen (secondary N) is 1. The smallest absolute Gasteiger partial charge is 0.274 e. The molecule has 8 heteroatoms. The van der Waals surface area contributed by atoms with E-state index in [1.54, 1.807) is 16.0 Å². The van der Waals surface area contributed by atoms with Crippen molar-refractivity contribution in [1.82, 2.24) is 19.6 Å². The third-order valence-corrected chi connectivity index (χ3v) is 4.45. The van der Waals surface area contributed by atoms with Gasteiger partial charge in [0, 0.05) is 37.3 Å². The maximum absolute atomic E-state index is 12.6. The predicted molar refractivity (Wildman–Crippen MR) is 83.5 cm³/mol. The van der Waals surface area contributed by atoms with Crippen LogP contribution in [0.25, 0.3) is 4.96 Å². The number of aromatic nitrogens is 2. The van der Waals surface area contributed by atoms with Crippen LogP contribution < -0.4 is 10.9 Å². The molecule has 0 spiro atoms. The first-order chi connectivity index (χ1) is 10.6. The van der Waals surface area contributed by atoms with Crippen LogP contribution in [0.4, 0.5) is 0 Å². The highest BCUT2D eigenvalue weighted by molar-refractivity contribution is 7.15. The maximum atomic E-state index is 12.6. The molecule has 3 rings (SSSR count). The minimum Gasteiger partial charge on any atom is -0.375 e. The summed E-state index contributed by atoms with van der Waals surface area (Å²) < 4.78 is 7.32. The molecule has 3 heterocycles. The van der Waals surface area contributed by atoms with Crippen LogP contribution in [-0.2, 0) is 4.74 Å². The molecule has 0 unspecified atom stereocenters. The number of amides is 1. The molecule has 1 fully saturated rings. The molecule has 22 heavy (non-hydrogen) atoms. The molecular formula is C14H18N4O3S. The van der Waals surface area contributed by atoms with Gasteiger partial charge in [-0.25, -0.2) is 0 Å². The second kappa shape index (κ2) is 6.15. The summed E-state index contributed by atoms with van der Waals surface area (Å²) in [6.07, 6.45) is 1.71. The van der Waals surface area contributed by atoms with Crippen molar-refractivity contribution >= 4 is 22.2 Å². The third-order valence-electron chi connectivity index (χ3n) is 3.69. The van der Waals surface area contributed by atoms with Crippen molar-refractivity contribution in [2.75, 3.05) is 26.7 Å². The highest BCUT2D eigenvalue weighted by Crippen LogP contribution is 2.14. The van der Waals surface area contributed by atoms with Gasteiger partial charge in [0.1, 0.15) is 5.69 Å². The number of carbonyl (C=O) groups excluding carboxylic acids is 1. The number of hydrogen-bond acceptors (Lipinski definition) is 6. The molecular weight excluding hydrogens is 304 g/mol. The van der Waals surface area contributed by atoms with E-state index in [0.717, 1.165) is 13.1 Å². The minimum atomic E-state index is -0.405. The number of rotatable bonds is 4. The van der Waals surface area contributed by atoms with Gasteiger partial charge in [0.2, 0.25) is 0 Å². The van der Waals surface area contributed by atoms with Crippen LogP contribution in [0.15, 0.2) is 22.4 Å². The van der Waals surface area contributed by atoms with Gasteiger partial charge in [-0.1, -0.05) is 0 Å². The van der Waals surface area contributed by atoms with Crippen molar-refractivity contribution in [3.05, 3.63) is 33.7 Å². The van der Waals surface area contributed by atoms with E-state index in [4.69, 9.17) is 4.74 Å². The Morgan fingerprint density at radius 3 is 3.14 bits per heavy atom. The van der Waals surface area contributed by atoms with Crippen LogP contribution in [0.1, 0.15) is 17.4 Å². The number of fused-ring (bicyclic) bond motifs is 1. The molecule has 0 radical (unpaired) electrons. The summed E-state index contributed by atoms with van der Waals surface area (Å²) in [5, 5.41) is 4.78. The number of likely N-dealkylation sites (tertiary alicyclic amines) is 1. The SMILES string of the molecule is CCO[C@H]1CN(C)C[C@@H]1NC(=O)c1cc(=O)nc2sccn12. The third kappa shape index (κ3) is 2.90. The van der Waals surface area contributed by atoms with Crippen molar-refractivity contribution in [1.29, 1.82) is 0 Å². The zero-order valence-electron chi connectivity index (χ0n) is 12.5. The van der Waals surface area contributed by atoms with E-state index in [1.807, 2.05) is 14.0 Å². The Balaban J connectivity index is 1.84. The molecule has 2 aromatic heterocycles. The summed E-state index contributed by atoms with van der Waals surface area (Å²) >= 11 is 1.32. The van der Waals surface area contributed by atoms with E-state index in [2.05, 4.69) is 15.2 Å². The summed E-state index contributed by atoms with van der Waals surface area (Å²) in [7, 11) is 1.99. The lowest BCUT2D eigenvalue weighted by Crippen LogP contribution is -2.44. The van der Waals surface area contributed by atoms with Gasteiger partial charge >= 0.3 is 0 Å². The highest BCUT2D eigenvalue weighted by Gasteiger charge is 2.33. The van der Waals surface area contributed by atoms with E-state index >= 15 is 0 Å². The lowest BCUT2D eigenvalue weighted by atomic mass is 10.2. The Morgan fingerprint density at radius 2 is 2.36 bits per heavy atom. The maximum Gasteiger partial charge on any atom is 0.274 e. The topological polar surface area (TPSA) is 75.9 Å². The van der Waals surface area contributed by atoms with Crippen molar-refractivity contribution in [2.45, 2.75) is 19.1 Å². The number of ether oxygens (including phenoxy) is 1. The number of carbonyl (C=O) groups is 1. The standard InChI is InChI=1S/C14H18N4O3S/c1-3-21-11-8-17(2)7-9(11)15-13(20)10-6-12(19)16-14-18(10)4-5-22-14/h4-6,9,11H,3,7-8H2,1-2H3,(H,15,20)/t9-,11-/m0/s1. The van der Waals surface area contributed by atoms with Crippen LogP contribution in [-0.4, -0.2) is 59.1 Å². The summed E-state index contributed by atoms with van der Waals surface area (Å²) in [5.41, 5.74) is -0.0986. The molecule has 1 N–H and O–H groups in total. The van der Waals surface area contributed by atoms with Crippen molar-refractivity contribution in [3.8, 4) is 0 Å². The number of likely N-dealkylation sites (N-methyl/N-ethyl adjacent to an activating group) is 1. The normalized spacial score (nSPS) is 22.3. The number of nitrogens with zero attached hydrogens (tertiary/aromatic N) is 3. The largest absolute Gasteiger partial charge is 0.375 e. The Bertz CT molecular complexity index is 741. The van der Waals surface area contributed by atoms with Crippen molar-refractivity contribution in [2.24, 2.45) is 0 Å². The summed E-state index contributed by atoms with van der Waals surface area (Å²) in [4.78, 5) is 30.7. The van der Waals surface area contributed by atoms with E-state index in [-0.39, 0.29) is 18.1 Å². The zero-order chi connectivity index (χ0) is 15.7. The molecule has 0 bridgehead atoms. The Kier molecular flexibility index (Phi) is 4.23. The molecule has 1 saturated heterocycles. The average molecular weight is 322 g/mol. The van der Waals surface area contributed by atoms with Gasteiger partial charge in [-0.2, -0.15) is 4.98 Å². The fourth-order valence-electron chi connectivity index (χ4n) is 2.75. The number of hydrogen-bond donors (Lipinski definition) is 1. The van der Waals surface area contributed by atoms with E-state index < -0.39 is 5.56 Å². The molecule has 1 aliphatic rings. The molecule has 2 atom stereocenters. The monoisotopic (exact) mass is 322 g/mol. The molecule has 7 nitrogen and oxygen atoms in total. The average Bonchev–Trinajstić information content (AvgIpc) is 3.05. The Morgan fingerprint density at radius 1 is 1.55 bits per heavy atom. The number of thiazole rings is 1. The zero-order valence-corrected chi connectivity index (χ0v) is 13.3. The second-order valence-electron chi connectivity index (χ2n) is 5.33. The van der Waals surface area contributed by atoms with Crippen LogP contribution in [0, 0.1) is 0 Å². The van der Waals surface area contributed by atoms with Crippen molar-refractivity contribution < 1.29 is 9.53 Å². The molecule has 0 aliphatic carbocycles. The van der Waals surface area contributed by atoms with E-state index in [1.165, 1.54) is 17.4 Å². The Hall–Kier alpha value is -1.77. The first-order valence-corrected chi connectivity index (χ1v) is 8.04. The fourth-order valence-corrected chi connectivity index (χ4v) is 3.47. The molecule has 0 aromatic carbocycles. The quantitative estimate of drug-likeness (QED) is 0.870. The highest BCUT2D eigenvalue weighted by atomic mass is 32.1. The van der Waals surface area contributed by atoms with Gasteiger partial charge in [-0.15, -0.1) is 11.3 Å². The lowest BCUT2D eigenvalue weighted by Gasteiger charge is -2.19. The van der Waals surface area contributed by atoms with E-state index in [9.17, 15) is 9.59 Å². The first-order valence-electron chi connectivity index (χ1n) is 7.16. The van der Waals surface area contributed by atoms with Gasteiger partial charge < -0.3 is 15.0 Å². The van der Waals surface area contributed by atoms with Crippen LogP contribution in [0.3, 0.4) is 0 Å².